The van der Waals surface area contributed by atoms with Crippen molar-refractivity contribution < 1.29 is 14.3 Å². The van der Waals surface area contributed by atoms with E-state index in [1.165, 1.54) is 0 Å². The minimum absolute atomic E-state index is 0.123. The molecule has 1 heterocycles. The van der Waals surface area contributed by atoms with Gasteiger partial charge >= 0.3 is 0 Å². The summed E-state index contributed by atoms with van der Waals surface area (Å²) < 4.78 is 10.6. The molecular formula is C22H19NO3. The molecule has 0 radical (unpaired) electrons. The van der Waals surface area contributed by atoms with E-state index in [1.807, 2.05) is 60.7 Å². The van der Waals surface area contributed by atoms with Crippen molar-refractivity contribution in [2.45, 2.75) is 6.42 Å². The molecule has 0 saturated heterocycles. The molecule has 0 amide bonds. The molecule has 0 aliphatic carbocycles. The van der Waals surface area contributed by atoms with Crippen LogP contribution in [0.2, 0.25) is 0 Å². The normalized spacial score (nSPS) is 12.0. The first-order valence-corrected chi connectivity index (χ1v) is 8.62. The van der Waals surface area contributed by atoms with Crippen LogP contribution in [0.5, 0.6) is 11.5 Å². The summed E-state index contributed by atoms with van der Waals surface area (Å²) in [6, 6.07) is 23.6. The Bertz CT molecular complexity index is 904. The topological polar surface area (TPSA) is 47.6 Å². The van der Waals surface area contributed by atoms with Crippen LogP contribution in [-0.2, 0) is 0 Å². The maximum atomic E-state index is 12.4. The number of nitrogens with one attached hydrogen (secondary N) is 1. The summed E-state index contributed by atoms with van der Waals surface area (Å²) in [6.07, 6.45) is 0.430. The second-order valence-corrected chi connectivity index (χ2v) is 6.11. The number of rotatable bonds is 6. The molecule has 1 aliphatic heterocycles. The van der Waals surface area contributed by atoms with E-state index in [4.69, 9.17) is 9.47 Å². The Balaban J connectivity index is 1.33. The monoisotopic (exact) mass is 345 g/mol. The minimum Gasteiger partial charge on any atom is -0.454 e. The summed E-state index contributed by atoms with van der Waals surface area (Å²) >= 11 is 0. The molecule has 0 fully saturated rings. The zero-order valence-electron chi connectivity index (χ0n) is 14.3. The number of ether oxygens (including phenoxy) is 2. The van der Waals surface area contributed by atoms with Gasteiger partial charge < -0.3 is 14.8 Å². The fourth-order valence-electron chi connectivity index (χ4n) is 2.95. The maximum Gasteiger partial charge on any atom is 0.231 e. The molecule has 4 nitrogen and oxygen atoms in total. The third-order valence-corrected chi connectivity index (χ3v) is 4.37. The fraction of sp³-hybridized carbons (Fsp3) is 0.136. The Labute approximate surface area is 152 Å². The summed E-state index contributed by atoms with van der Waals surface area (Å²) in [5.41, 5.74) is 3.91. The second-order valence-electron chi connectivity index (χ2n) is 6.11. The van der Waals surface area contributed by atoms with Crippen LogP contribution in [0.4, 0.5) is 5.69 Å². The SMILES string of the molecule is O=C(CCNc1ccc2c(c1)OCO2)c1ccc(-c2ccccc2)cc1. The molecule has 0 aromatic heterocycles. The lowest BCUT2D eigenvalue weighted by Crippen LogP contribution is -2.08. The van der Waals surface area contributed by atoms with Crippen molar-refractivity contribution in [3.8, 4) is 22.6 Å². The largest absolute Gasteiger partial charge is 0.454 e. The number of hydrogen-bond acceptors (Lipinski definition) is 4. The molecule has 0 spiro atoms. The zero-order chi connectivity index (χ0) is 17.8. The highest BCUT2D eigenvalue weighted by molar-refractivity contribution is 5.96. The van der Waals surface area contributed by atoms with E-state index in [-0.39, 0.29) is 12.6 Å². The molecular weight excluding hydrogens is 326 g/mol. The van der Waals surface area contributed by atoms with Gasteiger partial charge in [-0.1, -0.05) is 54.6 Å². The van der Waals surface area contributed by atoms with Gasteiger partial charge in [-0.15, -0.1) is 0 Å². The molecule has 0 atom stereocenters. The van der Waals surface area contributed by atoms with E-state index in [9.17, 15) is 4.79 Å². The first kappa shape index (κ1) is 16.2. The van der Waals surface area contributed by atoms with Gasteiger partial charge in [-0.05, 0) is 23.3 Å². The number of carbonyl (C=O) groups is 1. The van der Waals surface area contributed by atoms with Gasteiger partial charge in [0.2, 0.25) is 6.79 Å². The zero-order valence-corrected chi connectivity index (χ0v) is 14.3. The number of anilines is 1. The van der Waals surface area contributed by atoms with Crippen molar-refractivity contribution in [2.75, 3.05) is 18.7 Å². The first-order chi connectivity index (χ1) is 12.8. The highest BCUT2D eigenvalue weighted by atomic mass is 16.7. The first-order valence-electron chi connectivity index (χ1n) is 8.62. The summed E-state index contributed by atoms with van der Waals surface area (Å²) in [6.45, 7) is 0.829. The highest BCUT2D eigenvalue weighted by Crippen LogP contribution is 2.34. The number of benzene rings is 3. The van der Waals surface area contributed by atoms with Crippen molar-refractivity contribution in [1.29, 1.82) is 0 Å². The van der Waals surface area contributed by atoms with E-state index in [0.717, 1.165) is 33.9 Å². The predicted octanol–water partition coefficient (Wildman–Crippen LogP) is 4.77. The van der Waals surface area contributed by atoms with Crippen LogP contribution in [0.25, 0.3) is 11.1 Å². The molecule has 0 saturated carbocycles. The van der Waals surface area contributed by atoms with Gasteiger partial charge in [0.25, 0.3) is 0 Å². The lowest BCUT2D eigenvalue weighted by molar-refractivity contribution is 0.0986. The summed E-state index contributed by atoms with van der Waals surface area (Å²) in [7, 11) is 0. The van der Waals surface area contributed by atoms with Gasteiger partial charge in [0.1, 0.15) is 0 Å². The van der Waals surface area contributed by atoms with Gasteiger partial charge in [-0.25, -0.2) is 0 Å². The number of fused-ring (bicyclic) bond motifs is 1. The fourth-order valence-corrected chi connectivity index (χ4v) is 2.95. The van der Waals surface area contributed by atoms with E-state index >= 15 is 0 Å². The Morgan fingerprint density at radius 1 is 0.846 bits per heavy atom. The number of ketones is 1. The Kier molecular flexibility index (Phi) is 4.56. The molecule has 3 aromatic carbocycles. The molecule has 1 aliphatic rings. The molecule has 130 valence electrons. The molecule has 4 rings (SSSR count). The molecule has 0 bridgehead atoms. The van der Waals surface area contributed by atoms with Gasteiger partial charge in [0, 0.05) is 30.3 Å². The lowest BCUT2D eigenvalue weighted by Gasteiger charge is -2.07. The Morgan fingerprint density at radius 3 is 2.38 bits per heavy atom. The van der Waals surface area contributed by atoms with E-state index < -0.39 is 0 Å². The molecule has 0 unspecified atom stereocenters. The van der Waals surface area contributed by atoms with Gasteiger partial charge in [-0.2, -0.15) is 0 Å². The molecule has 3 aromatic rings. The summed E-state index contributed by atoms with van der Waals surface area (Å²) in [5.74, 6) is 1.61. The molecule has 4 heteroatoms. The van der Waals surface area contributed by atoms with Crippen LogP contribution in [0.1, 0.15) is 16.8 Å². The Morgan fingerprint density at radius 2 is 1.58 bits per heavy atom. The number of hydrogen-bond donors (Lipinski definition) is 1. The summed E-state index contributed by atoms with van der Waals surface area (Å²) in [4.78, 5) is 12.4. The standard InChI is InChI=1S/C22H19NO3/c24-20(12-13-23-19-10-11-21-22(14-19)26-15-25-21)18-8-6-17(7-9-18)16-4-2-1-3-5-16/h1-11,14,23H,12-13,15H2. The van der Waals surface area contributed by atoms with Crippen LogP contribution < -0.4 is 14.8 Å². The number of Topliss-reactive ketones (excluding diaryl/α,β-unsaturated/α-hetero) is 1. The van der Waals surface area contributed by atoms with E-state index in [0.29, 0.717) is 13.0 Å². The van der Waals surface area contributed by atoms with Gasteiger partial charge in [-0.3, -0.25) is 4.79 Å². The van der Waals surface area contributed by atoms with Crippen molar-refractivity contribution in [3.05, 3.63) is 78.4 Å². The van der Waals surface area contributed by atoms with Crippen LogP contribution in [0.3, 0.4) is 0 Å². The predicted molar refractivity (Wildman–Crippen MR) is 102 cm³/mol. The van der Waals surface area contributed by atoms with Gasteiger partial charge in [0.15, 0.2) is 17.3 Å². The minimum atomic E-state index is 0.123. The molecule has 1 N–H and O–H groups in total. The van der Waals surface area contributed by atoms with Crippen molar-refractivity contribution in [2.24, 2.45) is 0 Å². The van der Waals surface area contributed by atoms with Crippen LogP contribution in [-0.4, -0.2) is 19.1 Å². The smallest absolute Gasteiger partial charge is 0.231 e. The third kappa shape index (κ3) is 3.54. The third-order valence-electron chi connectivity index (χ3n) is 4.37. The second kappa shape index (κ2) is 7.31. The quantitative estimate of drug-likeness (QED) is 0.654. The Hall–Kier alpha value is -3.27. The van der Waals surface area contributed by atoms with Crippen molar-refractivity contribution >= 4 is 11.5 Å². The van der Waals surface area contributed by atoms with Gasteiger partial charge in [0.05, 0.1) is 0 Å². The number of carbonyl (C=O) groups excluding carboxylic acids is 1. The van der Waals surface area contributed by atoms with Crippen molar-refractivity contribution in [1.82, 2.24) is 0 Å². The van der Waals surface area contributed by atoms with E-state index in [2.05, 4.69) is 17.4 Å². The maximum absolute atomic E-state index is 12.4. The van der Waals surface area contributed by atoms with Crippen LogP contribution in [0.15, 0.2) is 72.8 Å². The lowest BCUT2D eigenvalue weighted by atomic mass is 10.0. The summed E-state index contributed by atoms with van der Waals surface area (Å²) in [5, 5.41) is 3.26. The van der Waals surface area contributed by atoms with Crippen LogP contribution >= 0.6 is 0 Å². The van der Waals surface area contributed by atoms with E-state index in [1.54, 1.807) is 0 Å². The average Bonchev–Trinajstić information content (AvgIpc) is 3.16. The van der Waals surface area contributed by atoms with Crippen LogP contribution in [0, 0.1) is 0 Å². The van der Waals surface area contributed by atoms with Crippen molar-refractivity contribution in [3.63, 3.8) is 0 Å². The average molecular weight is 345 g/mol. The highest BCUT2D eigenvalue weighted by Gasteiger charge is 2.13. The molecule has 26 heavy (non-hydrogen) atoms.